The Balaban J connectivity index is 1.58. The standard InChI is InChI=1S/C21H22F3N3O3/c1-13(15-3-4-18(26-11-15)30-12-21(22,23)24)27-19(29)14-5-8-25-16(9-14)10-17(28)20(2)6-7-20/h3-5,8-9,11,13H,6-7,10,12H2,1-2H3,(H,27,29). The largest absolute Gasteiger partial charge is 0.468 e. The maximum absolute atomic E-state index is 12.6. The number of Topliss-reactive ketones (excluding diaryl/α,β-unsaturated/α-hetero) is 1. The summed E-state index contributed by atoms with van der Waals surface area (Å²) in [5, 5.41) is 2.80. The van der Waals surface area contributed by atoms with Crippen LogP contribution in [0.25, 0.3) is 0 Å². The molecule has 9 heteroatoms. The van der Waals surface area contributed by atoms with Crippen LogP contribution in [0, 0.1) is 5.41 Å². The quantitative estimate of drug-likeness (QED) is 0.701. The maximum atomic E-state index is 12.6. The van der Waals surface area contributed by atoms with Gasteiger partial charge in [0.1, 0.15) is 5.78 Å². The molecule has 1 amide bonds. The molecule has 1 aliphatic rings. The zero-order chi connectivity index (χ0) is 21.9. The minimum absolute atomic E-state index is 0.125. The molecule has 160 valence electrons. The monoisotopic (exact) mass is 421 g/mol. The molecular weight excluding hydrogens is 399 g/mol. The molecule has 1 unspecified atom stereocenters. The number of halogens is 3. The van der Waals surface area contributed by atoms with Crippen molar-refractivity contribution in [3.63, 3.8) is 0 Å². The molecule has 1 aliphatic carbocycles. The number of ether oxygens (including phenoxy) is 1. The Bertz CT molecular complexity index is 925. The summed E-state index contributed by atoms with van der Waals surface area (Å²) < 4.78 is 41.1. The Labute approximate surface area is 171 Å². The fourth-order valence-electron chi connectivity index (χ4n) is 2.81. The van der Waals surface area contributed by atoms with Crippen molar-refractivity contribution >= 4 is 11.7 Å². The molecule has 0 radical (unpaired) electrons. The van der Waals surface area contributed by atoms with Crippen LogP contribution in [0.1, 0.15) is 54.3 Å². The number of rotatable bonds is 8. The number of amides is 1. The van der Waals surface area contributed by atoms with Gasteiger partial charge >= 0.3 is 6.18 Å². The molecule has 2 aromatic heterocycles. The van der Waals surface area contributed by atoms with Crippen LogP contribution in [-0.4, -0.2) is 34.4 Å². The number of carbonyl (C=O) groups is 2. The summed E-state index contributed by atoms with van der Waals surface area (Å²) in [5.41, 5.74) is 1.27. The Morgan fingerprint density at radius 3 is 2.57 bits per heavy atom. The summed E-state index contributed by atoms with van der Waals surface area (Å²) in [7, 11) is 0. The number of alkyl halides is 3. The first-order valence-electron chi connectivity index (χ1n) is 9.50. The lowest BCUT2D eigenvalue weighted by atomic mass is 9.99. The predicted octanol–water partition coefficient (Wildman–Crippen LogP) is 3.82. The molecule has 3 rings (SSSR count). The Kier molecular flexibility index (Phi) is 6.09. The van der Waals surface area contributed by atoms with Gasteiger partial charge in [0.05, 0.1) is 6.04 Å². The highest BCUT2D eigenvalue weighted by Crippen LogP contribution is 2.46. The number of carbonyl (C=O) groups excluding carboxylic acids is 2. The third kappa shape index (κ3) is 5.77. The second kappa shape index (κ2) is 8.41. The van der Waals surface area contributed by atoms with E-state index in [9.17, 15) is 22.8 Å². The summed E-state index contributed by atoms with van der Waals surface area (Å²) in [4.78, 5) is 32.8. The topological polar surface area (TPSA) is 81.2 Å². The normalized spacial score (nSPS) is 15.9. The molecule has 1 saturated carbocycles. The van der Waals surface area contributed by atoms with Gasteiger partial charge in [0.15, 0.2) is 6.61 Å². The lowest BCUT2D eigenvalue weighted by Gasteiger charge is -2.15. The zero-order valence-corrected chi connectivity index (χ0v) is 16.6. The molecule has 1 fully saturated rings. The molecule has 0 spiro atoms. The highest BCUT2D eigenvalue weighted by molar-refractivity contribution is 5.95. The van der Waals surface area contributed by atoms with Crippen molar-refractivity contribution in [3.05, 3.63) is 53.5 Å². The van der Waals surface area contributed by atoms with Crippen LogP contribution in [0.2, 0.25) is 0 Å². The zero-order valence-electron chi connectivity index (χ0n) is 16.6. The van der Waals surface area contributed by atoms with Crippen molar-refractivity contribution in [2.45, 2.75) is 45.3 Å². The second-order valence-corrected chi connectivity index (χ2v) is 7.73. The van der Waals surface area contributed by atoms with Gasteiger partial charge in [-0.25, -0.2) is 4.98 Å². The fraction of sp³-hybridized carbons (Fsp3) is 0.429. The van der Waals surface area contributed by atoms with Gasteiger partial charge in [-0.15, -0.1) is 0 Å². The van der Waals surface area contributed by atoms with Gasteiger partial charge in [0, 0.05) is 41.6 Å². The molecule has 1 N–H and O–H groups in total. The highest BCUT2D eigenvalue weighted by Gasteiger charge is 2.44. The van der Waals surface area contributed by atoms with E-state index in [1.807, 2.05) is 6.92 Å². The van der Waals surface area contributed by atoms with Crippen LogP contribution in [-0.2, 0) is 11.2 Å². The lowest BCUT2D eigenvalue weighted by molar-refractivity contribution is -0.154. The molecule has 0 aliphatic heterocycles. The van der Waals surface area contributed by atoms with Crippen molar-refractivity contribution < 1.29 is 27.5 Å². The summed E-state index contributed by atoms with van der Waals surface area (Å²) in [6.07, 6.45) is 0.368. The van der Waals surface area contributed by atoms with E-state index in [2.05, 4.69) is 20.0 Å². The van der Waals surface area contributed by atoms with Crippen LogP contribution in [0.5, 0.6) is 5.88 Å². The van der Waals surface area contributed by atoms with Crippen LogP contribution in [0.3, 0.4) is 0 Å². The number of hydrogen-bond acceptors (Lipinski definition) is 5. The van der Waals surface area contributed by atoms with Gasteiger partial charge < -0.3 is 10.1 Å². The van der Waals surface area contributed by atoms with E-state index in [1.165, 1.54) is 24.5 Å². The molecule has 2 aromatic rings. The van der Waals surface area contributed by atoms with Gasteiger partial charge in [-0.2, -0.15) is 13.2 Å². The minimum Gasteiger partial charge on any atom is -0.468 e. The third-order valence-electron chi connectivity index (χ3n) is 5.08. The summed E-state index contributed by atoms with van der Waals surface area (Å²) >= 11 is 0. The van der Waals surface area contributed by atoms with E-state index in [0.29, 0.717) is 16.8 Å². The van der Waals surface area contributed by atoms with Gasteiger partial charge in [-0.05, 0) is 37.5 Å². The van der Waals surface area contributed by atoms with Gasteiger partial charge in [0.2, 0.25) is 5.88 Å². The van der Waals surface area contributed by atoms with Crippen molar-refractivity contribution in [3.8, 4) is 5.88 Å². The maximum Gasteiger partial charge on any atom is 0.422 e. The lowest BCUT2D eigenvalue weighted by Crippen LogP contribution is -2.27. The van der Waals surface area contributed by atoms with Gasteiger partial charge in [0.25, 0.3) is 5.91 Å². The minimum atomic E-state index is -4.44. The summed E-state index contributed by atoms with van der Waals surface area (Å²) in [5.74, 6) is -0.379. The second-order valence-electron chi connectivity index (χ2n) is 7.73. The van der Waals surface area contributed by atoms with Crippen LogP contribution >= 0.6 is 0 Å². The summed E-state index contributed by atoms with van der Waals surface area (Å²) in [6, 6.07) is 5.57. The van der Waals surface area contributed by atoms with E-state index in [-0.39, 0.29) is 29.4 Å². The number of hydrogen-bond donors (Lipinski definition) is 1. The number of pyridine rings is 2. The van der Waals surface area contributed by atoms with Gasteiger partial charge in [-0.1, -0.05) is 13.0 Å². The first-order valence-corrected chi connectivity index (χ1v) is 9.50. The van der Waals surface area contributed by atoms with Crippen LogP contribution < -0.4 is 10.1 Å². The summed E-state index contributed by atoms with van der Waals surface area (Å²) in [6.45, 7) is 2.24. The Morgan fingerprint density at radius 2 is 1.97 bits per heavy atom. The molecule has 1 atom stereocenters. The molecular formula is C21H22F3N3O3. The van der Waals surface area contributed by atoms with E-state index in [0.717, 1.165) is 12.8 Å². The van der Waals surface area contributed by atoms with Crippen molar-refractivity contribution in [2.75, 3.05) is 6.61 Å². The number of ketones is 1. The van der Waals surface area contributed by atoms with Crippen molar-refractivity contribution in [2.24, 2.45) is 5.41 Å². The van der Waals surface area contributed by atoms with E-state index in [1.54, 1.807) is 19.1 Å². The average molecular weight is 421 g/mol. The Morgan fingerprint density at radius 1 is 1.23 bits per heavy atom. The van der Waals surface area contributed by atoms with Crippen LogP contribution in [0.15, 0.2) is 36.7 Å². The highest BCUT2D eigenvalue weighted by atomic mass is 19.4. The molecule has 30 heavy (non-hydrogen) atoms. The van der Waals surface area contributed by atoms with Crippen molar-refractivity contribution in [1.29, 1.82) is 0 Å². The number of aromatic nitrogens is 2. The first-order chi connectivity index (χ1) is 14.1. The van der Waals surface area contributed by atoms with Crippen LogP contribution in [0.4, 0.5) is 13.2 Å². The van der Waals surface area contributed by atoms with Gasteiger partial charge in [-0.3, -0.25) is 14.6 Å². The Hall–Kier alpha value is -2.97. The molecule has 2 heterocycles. The van der Waals surface area contributed by atoms with E-state index >= 15 is 0 Å². The molecule has 0 bridgehead atoms. The average Bonchev–Trinajstić information content (AvgIpc) is 3.45. The third-order valence-corrected chi connectivity index (χ3v) is 5.08. The van der Waals surface area contributed by atoms with E-state index in [4.69, 9.17) is 0 Å². The smallest absolute Gasteiger partial charge is 0.422 e. The fourth-order valence-corrected chi connectivity index (χ4v) is 2.81. The number of nitrogens with zero attached hydrogens (tertiary/aromatic N) is 2. The van der Waals surface area contributed by atoms with Crippen molar-refractivity contribution in [1.82, 2.24) is 15.3 Å². The first kappa shape index (κ1) is 21.7. The molecule has 0 saturated heterocycles. The number of nitrogens with one attached hydrogen (secondary N) is 1. The SMILES string of the molecule is CC(NC(=O)c1ccnc(CC(=O)C2(C)CC2)c1)c1ccc(OCC(F)(F)F)nc1. The van der Waals surface area contributed by atoms with E-state index < -0.39 is 18.8 Å². The molecule has 0 aromatic carbocycles. The predicted molar refractivity (Wildman–Crippen MR) is 102 cm³/mol. The molecule has 6 nitrogen and oxygen atoms in total.